The fourth-order valence-corrected chi connectivity index (χ4v) is 2.89. The maximum Gasteiger partial charge on any atom is 0.260 e. The topological polar surface area (TPSA) is 70.2 Å². The Balaban J connectivity index is 1.46. The molecule has 1 saturated heterocycles. The Morgan fingerprint density at radius 3 is 2.67 bits per heavy atom. The van der Waals surface area contributed by atoms with Crippen molar-refractivity contribution >= 4 is 11.7 Å². The number of carbonyl (C=O) groups is 1. The summed E-state index contributed by atoms with van der Waals surface area (Å²) in [5, 5.41) is 10.4. The first-order chi connectivity index (χ1) is 11.6. The molecule has 1 aliphatic heterocycles. The van der Waals surface area contributed by atoms with Crippen LogP contribution in [0.3, 0.4) is 0 Å². The number of para-hydroxylation sites is 1. The molecule has 0 bridgehead atoms. The summed E-state index contributed by atoms with van der Waals surface area (Å²) in [4.78, 5) is 14.5. The molecule has 2 heterocycles. The minimum Gasteiger partial charge on any atom is -0.481 e. The minimum atomic E-state index is -0.501. The van der Waals surface area contributed by atoms with Crippen LogP contribution in [-0.4, -0.2) is 41.3 Å². The van der Waals surface area contributed by atoms with Crippen molar-refractivity contribution in [2.45, 2.75) is 38.8 Å². The van der Waals surface area contributed by atoms with Gasteiger partial charge in [-0.1, -0.05) is 18.2 Å². The summed E-state index contributed by atoms with van der Waals surface area (Å²) in [7, 11) is 0. The van der Waals surface area contributed by atoms with E-state index in [1.54, 1.807) is 6.92 Å². The van der Waals surface area contributed by atoms with Crippen LogP contribution in [0.1, 0.15) is 25.5 Å². The third kappa shape index (κ3) is 4.07. The van der Waals surface area contributed by atoms with Crippen molar-refractivity contribution in [1.82, 2.24) is 15.5 Å². The van der Waals surface area contributed by atoms with Gasteiger partial charge in [-0.2, -0.15) is 5.10 Å². The maximum absolute atomic E-state index is 12.3. The largest absolute Gasteiger partial charge is 0.481 e. The zero-order valence-electron chi connectivity index (χ0n) is 14.2. The molecule has 6 heteroatoms. The number of H-pyrrole nitrogens is 1. The zero-order valence-corrected chi connectivity index (χ0v) is 14.2. The Morgan fingerprint density at radius 2 is 2.04 bits per heavy atom. The molecular formula is C18H24N4O2. The third-order valence-electron chi connectivity index (χ3n) is 4.28. The van der Waals surface area contributed by atoms with Crippen molar-refractivity contribution in [3.63, 3.8) is 0 Å². The van der Waals surface area contributed by atoms with Gasteiger partial charge < -0.3 is 15.0 Å². The Kier molecular flexibility index (Phi) is 5.03. The van der Waals surface area contributed by atoms with E-state index in [-0.39, 0.29) is 11.9 Å². The predicted octanol–water partition coefficient (Wildman–Crippen LogP) is 2.27. The van der Waals surface area contributed by atoms with Gasteiger partial charge in [-0.15, -0.1) is 0 Å². The number of amides is 1. The van der Waals surface area contributed by atoms with Crippen LogP contribution in [0.2, 0.25) is 0 Å². The molecule has 2 aromatic rings. The van der Waals surface area contributed by atoms with E-state index in [1.807, 2.05) is 37.3 Å². The van der Waals surface area contributed by atoms with E-state index in [2.05, 4.69) is 26.5 Å². The number of hydrogen-bond donors (Lipinski definition) is 2. The Morgan fingerprint density at radius 1 is 1.33 bits per heavy atom. The third-order valence-corrected chi connectivity index (χ3v) is 4.28. The normalized spacial score (nSPS) is 16.7. The average Bonchev–Trinajstić information content (AvgIpc) is 3.03. The maximum atomic E-state index is 12.3. The first kappa shape index (κ1) is 16.4. The van der Waals surface area contributed by atoms with Gasteiger partial charge in [-0.25, -0.2) is 0 Å². The number of aromatic amines is 1. The molecule has 0 radical (unpaired) electrons. The van der Waals surface area contributed by atoms with E-state index < -0.39 is 6.10 Å². The molecule has 2 N–H and O–H groups in total. The number of anilines is 1. The molecule has 3 rings (SSSR count). The highest BCUT2D eigenvalue weighted by Gasteiger charge is 2.24. The van der Waals surface area contributed by atoms with Crippen molar-refractivity contribution < 1.29 is 9.53 Å². The number of nitrogens with one attached hydrogen (secondary N) is 2. The Labute approximate surface area is 142 Å². The lowest BCUT2D eigenvalue weighted by Crippen LogP contribution is -2.48. The van der Waals surface area contributed by atoms with E-state index in [9.17, 15) is 4.79 Å². The number of aryl methyl sites for hydroxylation is 1. The average molecular weight is 328 g/mol. The van der Waals surface area contributed by atoms with Gasteiger partial charge in [0.25, 0.3) is 5.91 Å². The molecule has 1 fully saturated rings. The molecule has 0 aliphatic carbocycles. The SMILES string of the molecule is Cc1cc(N2CCC(NC(=O)C(C)Oc3ccccc3)CC2)n[nH]1. The number of aromatic nitrogens is 2. The molecule has 1 unspecified atom stereocenters. The smallest absolute Gasteiger partial charge is 0.260 e. The Bertz CT molecular complexity index is 663. The molecule has 1 atom stereocenters. The van der Waals surface area contributed by atoms with Gasteiger partial charge in [0.05, 0.1) is 0 Å². The number of nitrogens with zero attached hydrogens (tertiary/aromatic N) is 2. The summed E-state index contributed by atoms with van der Waals surface area (Å²) in [5.74, 6) is 1.63. The monoisotopic (exact) mass is 328 g/mol. The van der Waals surface area contributed by atoms with Crippen LogP contribution in [0.4, 0.5) is 5.82 Å². The summed E-state index contributed by atoms with van der Waals surface area (Å²) in [6.07, 6.45) is 1.32. The van der Waals surface area contributed by atoms with Gasteiger partial charge in [-0.3, -0.25) is 9.89 Å². The zero-order chi connectivity index (χ0) is 16.9. The van der Waals surface area contributed by atoms with Crippen molar-refractivity contribution in [2.24, 2.45) is 0 Å². The van der Waals surface area contributed by atoms with Crippen molar-refractivity contribution in [2.75, 3.05) is 18.0 Å². The fraction of sp³-hybridized carbons (Fsp3) is 0.444. The van der Waals surface area contributed by atoms with Crippen molar-refractivity contribution in [3.05, 3.63) is 42.1 Å². The first-order valence-electron chi connectivity index (χ1n) is 8.41. The molecule has 128 valence electrons. The number of carbonyl (C=O) groups excluding carboxylic acids is 1. The highest BCUT2D eigenvalue weighted by atomic mass is 16.5. The van der Waals surface area contributed by atoms with Gasteiger partial charge in [0.1, 0.15) is 5.75 Å². The lowest BCUT2D eigenvalue weighted by atomic mass is 10.0. The quantitative estimate of drug-likeness (QED) is 0.883. The summed E-state index contributed by atoms with van der Waals surface area (Å²) >= 11 is 0. The van der Waals surface area contributed by atoms with E-state index in [0.717, 1.165) is 37.4 Å². The number of ether oxygens (including phenoxy) is 1. The lowest BCUT2D eigenvalue weighted by Gasteiger charge is -2.32. The molecule has 1 amide bonds. The second-order valence-electron chi connectivity index (χ2n) is 6.25. The minimum absolute atomic E-state index is 0.0621. The second-order valence-corrected chi connectivity index (χ2v) is 6.25. The molecule has 24 heavy (non-hydrogen) atoms. The molecule has 0 saturated carbocycles. The number of hydrogen-bond acceptors (Lipinski definition) is 4. The van der Waals surface area contributed by atoms with Gasteiger partial charge in [0.15, 0.2) is 11.9 Å². The molecule has 1 aromatic heterocycles. The summed E-state index contributed by atoms with van der Waals surface area (Å²) in [6, 6.07) is 11.7. The van der Waals surface area contributed by atoms with E-state index >= 15 is 0 Å². The fourth-order valence-electron chi connectivity index (χ4n) is 2.89. The predicted molar refractivity (Wildman–Crippen MR) is 93.2 cm³/mol. The molecular weight excluding hydrogens is 304 g/mol. The Hall–Kier alpha value is -2.50. The van der Waals surface area contributed by atoms with Crippen LogP contribution in [0.5, 0.6) is 5.75 Å². The van der Waals surface area contributed by atoms with Crippen molar-refractivity contribution in [3.8, 4) is 5.75 Å². The van der Waals surface area contributed by atoms with Crippen LogP contribution < -0.4 is 15.0 Å². The summed E-state index contributed by atoms with van der Waals surface area (Å²) in [6.45, 7) is 5.56. The number of piperidine rings is 1. The number of rotatable bonds is 5. The van der Waals surface area contributed by atoms with Crippen LogP contribution in [0, 0.1) is 6.92 Å². The molecule has 6 nitrogen and oxygen atoms in total. The first-order valence-corrected chi connectivity index (χ1v) is 8.41. The van der Waals surface area contributed by atoms with Gasteiger partial charge in [0, 0.05) is 30.9 Å². The van der Waals surface area contributed by atoms with Crippen LogP contribution in [0.25, 0.3) is 0 Å². The van der Waals surface area contributed by atoms with Crippen molar-refractivity contribution in [1.29, 1.82) is 0 Å². The van der Waals surface area contributed by atoms with E-state index in [0.29, 0.717) is 5.75 Å². The molecule has 0 spiro atoms. The van der Waals surface area contributed by atoms with Crippen LogP contribution in [0.15, 0.2) is 36.4 Å². The lowest BCUT2D eigenvalue weighted by molar-refractivity contribution is -0.128. The molecule has 1 aliphatic rings. The summed E-state index contributed by atoms with van der Waals surface area (Å²) < 4.78 is 5.67. The van der Waals surface area contributed by atoms with Gasteiger partial charge >= 0.3 is 0 Å². The second kappa shape index (κ2) is 7.38. The number of benzene rings is 1. The van der Waals surface area contributed by atoms with Gasteiger partial charge in [-0.05, 0) is 38.8 Å². The van der Waals surface area contributed by atoms with E-state index in [1.165, 1.54) is 0 Å². The van der Waals surface area contributed by atoms with E-state index in [4.69, 9.17) is 4.74 Å². The highest BCUT2D eigenvalue weighted by Crippen LogP contribution is 2.18. The summed E-state index contributed by atoms with van der Waals surface area (Å²) in [5.41, 5.74) is 1.06. The van der Waals surface area contributed by atoms with Crippen LogP contribution in [-0.2, 0) is 4.79 Å². The standard InChI is InChI=1S/C18H24N4O2/c1-13-12-17(21-20-13)22-10-8-15(9-11-22)19-18(23)14(2)24-16-6-4-3-5-7-16/h3-7,12,14-15H,8-11H2,1-2H3,(H,19,23)(H,20,21). The molecule has 1 aromatic carbocycles. The van der Waals surface area contributed by atoms with Gasteiger partial charge in [0.2, 0.25) is 0 Å². The highest BCUT2D eigenvalue weighted by molar-refractivity contribution is 5.81. The van der Waals surface area contributed by atoms with Crippen LogP contribution >= 0.6 is 0 Å².